The molecule has 0 atom stereocenters. The second kappa shape index (κ2) is 6.35. The van der Waals surface area contributed by atoms with Gasteiger partial charge in [-0.25, -0.2) is 4.98 Å². The zero-order chi connectivity index (χ0) is 17.3. The molecule has 124 valence electrons. The molecule has 5 nitrogen and oxygen atoms in total. The van der Waals surface area contributed by atoms with Crippen molar-refractivity contribution in [2.24, 2.45) is 0 Å². The predicted molar refractivity (Wildman–Crippen MR) is 95.7 cm³/mol. The molecule has 3 rings (SSSR count). The van der Waals surface area contributed by atoms with Crippen molar-refractivity contribution in [3.05, 3.63) is 53.3 Å². The minimum atomic E-state index is 0.0208. The lowest BCUT2D eigenvalue weighted by atomic mass is 10.1. The third kappa shape index (κ3) is 2.97. The number of methoxy groups -OCH3 is 1. The maximum Gasteiger partial charge on any atom is 0.231 e. The van der Waals surface area contributed by atoms with Crippen LogP contribution in [0.4, 0.5) is 5.69 Å². The number of aryl methyl sites for hydroxylation is 2. The second-order valence-electron chi connectivity index (χ2n) is 5.97. The van der Waals surface area contributed by atoms with E-state index in [0.29, 0.717) is 12.3 Å². The minimum Gasteiger partial charge on any atom is -0.481 e. The van der Waals surface area contributed by atoms with Crippen LogP contribution in [0, 0.1) is 13.8 Å². The molecular weight excluding hydrogens is 302 g/mol. The number of hydrogen-bond donors (Lipinski definition) is 1. The summed E-state index contributed by atoms with van der Waals surface area (Å²) in [5.41, 5.74) is 5.07. The van der Waals surface area contributed by atoms with E-state index in [1.807, 2.05) is 13.0 Å². The molecule has 24 heavy (non-hydrogen) atoms. The van der Waals surface area contributed by atoms with Crippen LogP contribution in [-0.4, -0.2) is 30.0 Å². The summed E-state index contributed by atoms with van der Waals surface area (Å²) in [5, 5.41) is 1.11. The summed E-state index contributed by atoms with van der Waals surface area (Å²) < 4.78 is 5.05. The van der Waals surface area contributed by atoms with Crippen molar-refractivity contribution < 1.29 is 9.53 Å². The number of rotatable bonds is 4. The Bertz CT molecular complexity index is 882. The van der Waals surface area contributed by atoms with E-state index in [0.717, 1.165) is 27.8 Å². The molecular formula is C19H21N3O2. The van der Waals surface area contributed by atoms with Gasteiger partial charge < -0.3 is 14.6 Å². The van der Waals surface area contributed by atoms with Crippen molar-refractivity contribution in [3.8, 4) is 5.88 Å². The molecule has 0 fully saturated rings. The molecule has 0 unspecified atom stereocenters. The number of aromatic amines is 1. The van der Waals surface area contributed by atoms with Gasteiger partial charge in [0.15, 0.2) is 0 Å². The summed E-state index contributed by atoms with van der Waals surface area (Å²) in [6.07, 6.45) is 1.99. The lowest BCUT2D eigenvalue weighted by Gasteiger charge is -2.17. The van der Waals surface area contributed by atoms with E-state index >= 15 is 0 Å². The highest BCUT2D eigenvalue weighted by Gasteiger charge is 2.17. The Kier molecular flexibility index (Phi) is 4.25. The number of pyridine rings is 1. The van der Waals surface area contributed by atoms with Gasteiger partial charge in [0.1, 0.15) is 0 Å². The molecule has 2 aromatic heterocycles. The number of fused-ring (bicyclic) bond motifs is 1. The van der Waals surface area contributed by atoms with E-state index in [4.69, 9.17) is 4.74 Å². The van der Waals surface area contributed by atoms with Gasteiger partial charge in [0, 0.05) is 29.7 Å². The van der Waals surface area contributed by atoms with Crippen molar-refractivity contribution >= 4 is 22.5 Å². The highest BCUT2D eigenvalue weighted by atomic mass is 16.5. The summed E-state index contributed by atoms with van der Waals surface area (Å²) in [4.78, 5) is 21.8. The maximum absolute atomic E-state index is 12.7. The van der Waals surface area contributed by atoms with E-state index in [1.54, 1.807) is 31.3 Å². The van der Waals surface area contributed by atoms with Crippen LogP contribution in [0.2, 0.25) is 0 Å². The number of amides is 1. The van der Waals surface area contributed by atoms with Crippen LogP contribution in [0.25, 0.3) is 10.9 Å². The van der Waals surface area contributed by atoms with E-state index in [1.165, 1.54) is 5.56 Å². The largest absolute Gasteiger partial charge is 0.481 e. The number of anilines is 1. The molecule has 1 amide bonds. The lowest BCUT2D eigenvalue weighted by Crippen LogP contribution is -2.28. The third-order valence-corrected chi connectivity index (χ3v) is 4.29. The number of hydrogen-bond acceptors (Lipinski definition) is 3. The highest BCUT2D eigenvalue weighted by Crippen LogP contribution is 2.25. The Hall–Kier alpha value is -2.82. The Morgan fingerprint density at radius 2 is 2.04 bits per heavy atom. The topological polar surface area (TPSA) is 58.2 Å². The number of likely N-dealkylation sites (N-methyl/N-ethyl adjacent to an activating group) is 1. The average Bonchev–Trinajstić information content (AvgIpc) is 2.89. The monoisotopic (exact) mass is 323 g/mol. The van der Waals surface area contributed by atoms with Crippen LogP contribution in [0.15, 0.2) is 36.5 Å². The molecule has 1 aromatic carbocycles. The smallest absolute Gasteiger partial charge is 0.231 e. The molecule has 0 radical (unpaired) electrons. The maximum atomic E-state index is 12.7. The zero-order valence-electron chi connectivity index (χ0n) is 14.4. The fraction of sp³-hybridized carbons (Fsp3) is 0.263. The van der Waals surface area contributed by atoms with Crippen LogP contribution >= 0.6 is 0 Å². The average molecular weight is 323 g/mol. The van der Waals surface area contributed by atoms with E-state index in [-0.39, 0.29) is 5.91 Å². The van der Waals surface area contributed by atoms with Crippen molar-refractivity contribution in [1.29, 1.82) is 0 Å². The Labute approximate surface area is 141 Å². The fourth-order valence-electron chi connectivity index (χ4n) is 2.83. The molecule has 0 bridgehead atoms. The molecule has 0 aliphatic carbocycles. The number of carbonyl (C=O) groups is 1. The van der Waals surface area contributed by atoms with E-state index in [9.17, 15) is 4.79 Å². The second-order valence-corrected chi connectivity index (χ2v) is 5.97. The molecule has 0 aliphatic rings. The van der Waals surface area contributed by atoms with Crippen LogP contribution in [0.1, 0.15) is 16.8 Å². The zero-order valence-corrected chi connectivity index (χ0v) is 14.4. The summed E-state index contributed by atoms with van der Waals surface area (Å²) in [5.74, 6) is 0.551. The van der Waals surface area contributed by atoms with Gasteiger partial charge in [-0.1, -0.05) is 11.6 Å². The van der Waals surface area contributed by atoms with Crippen molar-refractivity contribution in [1.82, 2.24) is 9.97 Å². The summed E-state index contributed by atoms with van der Waals surface area (Å²) in [7, 11) is 3.33. The SMILES string of the molecule is COc1ccc(N(C)C(=O)Cc2c(C)[nH]c3ccc(C)cc23)cn1. The first-order valence-corrected chi connectivity index (χ1v) is 7.84. The molecule has 0 aliphatic heterocycles. The number of benzene rings is 1. The fourth-order valence-corrected chi connectivity index (χ4v) is 2.83. The van der Waals surface area contributed by atoms with Gasteiger partial charge in [-0.3, -0.25) is 4.79 Å². The molecule has 3 aromatic rings. The van der Waals surface area contributed by atoms with Gasteiger partial charge in [-0.15, -0.1) is 0 Å². The summed E-state index contributed by atoms with van der Waals surface area (Å²) >= 11 is 0. The Morgan fingerprint density at radius 3 is 2.71 bits per heavy atom. The van der Waals surface area contributed by atoms with Gasteiger partial charge in [0.2, 0.25) is 11.8 Å². The first kappa shape index (κ1) is 16.1. The predicted octanol–water partition coefficient (Wildman–Crippen LogP) is 3.39. The van der Waals surface area contributed by atoms with Crippen LogP contribution in [0.3, 0.4) is 0 Å². The van der Waals surface area contributed by atoms with Gasteiger partial charge >= 0.3 is 0 Å². The quantitative estimate of drug-likeness (QED) is 0.800. The number of nitrogens with zero attached hydrogens (tertiary/aromatic N) is 2. The first-order chi connectivity index (χ1) is 11.5. The van der Waals surface area contributed by atoms with Gasteiger partial charge in [-0.2, -0.15) is 0 Å². The number of carbonyl (C=O) groups excluding carboxylic acids is 1. The highest BCUT2D eigenvalue weighted by molar-refractivity contribution is 5.97. The molecule has 2 heterocycles. The summed E-state index contributed by atoms with van der Waals surface area (Å²) in [6, 6.07) is 9.83. The number of aromatic nitrogens is 2. The van der Waals surface area contributed by atoms with Gasteiger partial charge in [-0.05, 0) is 37.6 Å². The summed E-state index contributed by atoms with van der Waals surface area (Å²) in [6.45, 7) is 4.06. The third-order valence-electron chi connectivity index (χ3n) is 4.29. The van der Waals surface area contributed by atoms with Crippen LogP contribution in [0.5, 0.6) is 5.88 Å². The minimum absolute atomic E-state index is 0.0208. The van der Waals surface area contributed by atoms with Gasteiger partial charge in [0.05, 0.1) is 25.4 Å². The Morgan fingerprint density at radius 1 is 1.25 bits per heavy atom. The molecule has 5 heteroatoms. The number of H-pyrrole nitrogens is 1. The number of nitrogens with one attached hydrogen (secondary N) is 1. The van der Waals surface area contributed by atoms with E-state index < -0.39 is 0 Å². The van der Waals surface area contributed by atoms with Crippen LogP contribution < -0.4 is 9.64 Å². The first-order valence-electron chi connectivity index (χ1n) is 7.84. The van der Waals surface area contributed by atoms with Crippen molar-refractivity contribution in [2.45, 2.75) is 20.3 Å². The normalized spacial score (nSPS) is 10.8. The van der Waals surface area contributed by atoms with E-state index in [2.05, 4.69) is 35.1 Å². The molecule has 0 spiro atoms. The van der Waals surface area contributed by atoms with Crippen molar-refractivity contribution in [3.63, 3.8) is 0 Å². The number of ether oxygens (including phenoxy) is 1. The van der Waals surface area contributed by atoms with Gasteiger partial charge in [0.25, 0.3) is 0 Å². The standard InChI is InChI=1S/C19H21N3O2/c1-12-5-7-17-16(9-12)15(13(2)21-17)10-19(23)22(3)14-6-8-18(24-4)20-11-14/h5-9,11,21H,10H2,1-4H3. The van der Waals surface area contributed by atoms with Crippen molar-refractivity contribution in [2.75, 3.05) is 19.1 Å². The molecule has 0 saturated carbocycles. The molecule has 0 saturated heterocycles. The molecule has 1 N–H and O–H groups in total. The lowest BCUT2D eigenvalue weighted by molar-refractivity contribution is -0.117. The van der Waals surface area contributed by atoms with Crippen LogP contribution in [-0.2, 0) is 11.2 Å². The Balaban J connectivity index is 1.86.